The average Bonchev–Trinajstić information content (AvgIpc) is 2.37. The second-order valence-electron chi connectivity index (χ2n) is 4.86. The Kier molecular flexibility index (Phi) is 6.22. The molecule has 21 heavy (non-hydrogen) atoms. The van der Waals surface area contributed by atoms with Gasteiger partial charge < -0.3 is 0 Å². The predicted molar refractivity (Wildman–Crippen MR) is 77.0 cm³/mol. The van der Waals surface area contributed by atoms with E-state index in [1.165, 1.54) is 0 Å². The van der Waals surface area contributed by atoms with Crippen LogP contribution < -0.4 is 4.72 Å². The Morgan fingerprint density at radius 2 is 2.05 bits per heavy atom. The van der Waals surface area contributed by atoms with Crippen LogP contribution in [0.2, 0.25) is 0 Å². The number of nitrogens with one attached hydrogen (secondary N) is 1. The van der Waals surface area contributed by atoms with Gasteiger partial charge in [-0.15, -0.1) is 0 Å². The minimum atomic E-state index is -4.13. The van der Waals surface area contributed by atoms with Crippen LogP contribution in [0.5, 0.6) is 0 Å². The van der Waals surface area contributed by atoms with Crippen molar-refractivity contribution in [1.82, 2.24) is 4.72 Å². The fourth-order valence-electron chi connectivity index (χ4n) is 1.98. The van der Waals surface area contributed by atoms with Crippen molar-refractivity contribution in [2.45, 2.75) is 50.5 Å². The molecule has 1 aromatic carbocycles. The highest BCUT2D eigenvalue weighted by Crippen LogP contribution is 2.26. The number of unbranched alkanes of at least 4 members (excludes halogenated alkanes) is 2. The number of benzene rings is 1. The molecule has 1 unspecified atom stereocenters. The first-order valence-corrected chi connectivity index (χ1v) is 8.23. The Morgan fingerprint density at radius 1 is 1.38 bits per heavy atom. The van der Waals surface area contributed by atoms with Gasteiger partial charge in [-0.3, -0.25) is 10.1 Å². The van der Waals surface area contributed by atoms with Gasteiger partial charge in [0, 0.05) is 6.04 Å². The zero-order valence-corrected chi connectivity index (χ0v) is 12.8. The summed E-state index contributed by atoms with van der Waals surface area (Å²) in [6.07, 6.45) is 3.46. The molecule has 8 heteroatoms. The number of nitro benzene ring substituents is 1. The maximum Gasteiger partial charge on any atom is 0.324 e. The van der Waals surface area contributed by atoms with Crippen molar-refractivity contribution in [3.8, 4) is 0 Å². The average molecular weight is 318 g/mol. The van der Waals surface area contributed by atoms with Crippen molar-refractivity contribution >= 4 is 15.7 Å². The lowest BCUT2D eigenvalue weighted by Crippen LogP contribution is -2.33. The Bertz CT molecular complexity index is 604. The minimum Gasteiger partial charge on any atom is -0.258 e. The van der Waals surface area contributed by atoms with Crippen molar-refractivity contribution in [2.24, 2.45) is 0 Å². The zero-order valence-electron chi connectivity index (χ0n) is 12.0. The van der Waals surface area contributed by atoms with Gasteiger partial charge in [0.2, 0.25) is 15.8 Å². The van der Waals surface area contributed by atoms with Crippen LogP contribution in [-0.4, -0.2) is 19.4 Å². The van der Waals surface area contributed by atoms with Crippen molar-refractivity contribution in [2.75, 3.05) is 0 Å². The molecular formula is C13H19FN2O4S. The van der Waals surface area contributed by atoms with Crippen LogP contribution in [0.1, 0.15) is 39.5 Å². The standard InChI is InChI=1S/C13H19FN2O4S/c1-3-4-5-7-10(2)15-21(19,20)12-9-6-8-11(14)13(12)16(17)18/h6,8-10,15H,3-5,7H2,1-2H3. The van der Waals surface area contributed by atoms with Gasteiger partial charge in [0.25, 0.3) is 0 Å². The SMILES string of the molecule is CCCCCC(C)NS(=O)(=O)c1cccc(F)c1[N+](=O)[O-]. The van der Waals surface area contributed by atoms with E-state index in [0.29, 0.717) is 6.42 Å². The molecular weight excluding hydrogens is 299 g/mol. The molecule has 6 nitrogen and oxygen atoms in total. The Balaban J connectivity index is 2.98. The number of nitrogens with zero attached hydrogens (tertiary/aromatic N) is 1. The van der Waals surface area contributed by atoms with Crippen LogP contribution in [-0.2, 0) is 10.0 Å². The van der Waals surface area contributed by atoms with Crippen molar-refractivity contribution in [1.29, 1.82) is 0 Å². The number of hydrogen-bond donors (Lipinski definition) is 1. The summed E-state index contributed by atoms with van der Waals surface area (Å²) in [7, 11) is -4.13. The van der Waals surface area contributed by atoms with E-state index in [2.05, 4.69) is 4.72 Å². The Labute approximate surface area is 123 Å². The molecule has 0 bridgehead atoms. The highest BCUT2D eigenvalue weighted by Gasteiger charge is 2.30. The first-order valence-electron chi connectivity index (χ1n) is 6.74. The van der Waals surface area contributed by atoms with E-state index >= 15 is 0 Å². The van der Waals surface area contributed by atoms with Crippen LogP contribution in [0.3, 0.4) is 0 Å². The quantitative estimate of drug-likeness (QED) is 0.453. The summed E-state index contributed by atoms with van der Waals surface area (Å²) in [5, 5.41) is 10.9. The second-order valence-corrected chi connectivity index (χ2v) is 6.54. The van der Waals surface area contributed by atoms with Crippen LogP contribution in [0.15, 0.2) is 23.1 Å². The minimum absolute atomic E-state index is 0.371. The maximum absolute atomic E-state index is 13.5. The molecule has 0 spiro atoms. The first-order chi connectivity index (χ1) is 9.79. The maximum atomic E-state index is 13.5. The lowest BCUT2D eigenvalue weighted by Gasteiger charge is -2.14. The van der Waals surface area contributed by atoms with E-state index in [0.717, 1.165) is 37.5 Å². The molecule has 0 heterocycles. The Hall–Kier alpha value is -1.54. The van der Waals surface area contributed by atoms with Crippen molar-refractivity contribution < 1.29 is 17.7 Å². The molecule has 0 aliphatic rings. The van der Waals surface area contributed by atoms with Gasteiger partial charge in [0.05, 0.1) is 4.92 Å². The largest absolute Gasteiger partial charge is 0.324 e. The monoisotopic (exact) mass is 318 g/mol. The summed E-state index contributed by atoms with van der Waals surface area (Å²) >= 11 is 0. The van der Waals surface area contributed by atoms with Crippen LogP contribution in [0, 0.1) is 15.9 Å². The summed E-state index contributed by atoms with van der Waals surface area (Å²) in [6.45, 7) is 3.71. The van der Waals surface area contributed by atoms with E-state index in [1.54, 1.807) is 6.92 Å². The third-order valence-electron chi connectivity index (χ3n) is 3.02. The molecule has 1 atom stereocenters. The molecule has 0 aromatic heterocycles. The summed E-state index contributed by atoms with van der Waals surface area (Å²) in [4.78, 5) is 9.19. The number of hydrogen-bond acceptors (Lipinski definition) is 4. The van der Waals surface area contributed by atoms with Gasteiger partial charge in [-0.1, -0.05) is 32.3 Å². The van der Waals surface area contributed by atoms with Crippen molar-refractivity contribution in [3.63, 3.8) is 0 Å². The van der Waals surface area contributed by atoms with Crippen molar-refractivity contribution in [3.05, 3.63) is 34.1 Å². The number of sulfonamides is 1. The highest BCUT2D eigenvalue weighted by atomic mass is 32.2. The molecule has 0 radical (unpaired) electrons. The summed E-state index contributed by atoms with van der Waals surface area (Å²) in [6, 6.07) is 2.66. The third kappa shape index (κ3) is 4.75. The first kappa shape index (κ1) is 17.5. The van der Waals surface area contributed by atoms with Gasteiger partial charge in [-0.25, -0.2) is 13.1 Å². The van der Waals surface area contributed by atoms with Crippen LogP contribution in [0.25, 0.3) is 0 Å². The van der Waals surface area contributed by atoms with Gasteiger partial charge in [-0.05, 0) is 25.5 Å². The lowest BCUT2D eigenvalue weighted by atomic mass is 10.1. The molecule has 0 aliphatic heterocycles. The molecule has 1 rings (SSSR count). The molecule has 0 aliphatic carbocycles. The van der Waals surface area contributed by atoms with Gasteiger partial charge >= 0.3 is 5.69 Å². The normalized spacial score (nSPS) is 13.1. The second kappa shape index (κ2) is 7.46. The summed E-state index contributed by atoms with van der Waals surface area (Å²) < 4.78 is 40.2. The lowest BCUT2D eigenvalue weighted by molar-refractivity contribution is -0.390. The van der Waals surface area contributed by atoms with E-state index in [1.807, 2.05) is 6.92 Å². The smallest absolute Gasteiger partial charge is 0.258 e. The van der Waals surface area contributed by atoms with E-state index in [4.69, 9.17) is 0 Å². The third-order valence-corrected chi connectivity index (χ3v) is 4.64. The molecule has 118 valence electrons. The molecule has 0 saturated heterocycles. The fraction of sp³-hybridized carbons (Fsp3) is 0.538. The number of halogens is 1. The summed E-state index contributed by atoms with van der Waals surface area (Å²) in [5.41, 5.74) is -1.02. The molecule has 0 amide bonds. The van der Waals surface area contributed by atoms with E-state index < -0.39 is 31.3 Å². The number of nitro groups is 1. The van der Waals surface area contributed by atoms with Crippen LogP contribution >= 0.6 is 0 Å². The predicted octanol–water partition coefficient (Wildman–Crippen LogP) is 2.98. The molecule has 1 aromatic rings. The fourth-order valence-corrected chi connectivity index (χ4v) is 3.44. The summed E-state index contributed by atoms with van der Waals surface area (Å²) in [5.74, 6) is -1.17. The Morgan fingerprint density at radius 3 is 2.62 bits per heavy atom. The highest BCUT2D eigenvalue weighted by molar-refractivity contribution is 7.89. The molecule has 0 fully saturated rings. The van der Waals surface area contributed by atoms with Gasteiger partial charge in [0.15, 0.2) is 4.90 Å². The van der Waals surface area contributed by atoms with E-state index in [-0.39, 0.29) is 6.04 Å². The van der Waals surface area contributed by atoms with Gasteiger partial charge in [0.1, 0.15) is 0 Å². The zero-order chi connectivity index (χ0) is 16.0. The molecule has 0 saturated carbocycles. The number of para-hydroxylation sites is 1. The van der Waals surface area contributed by atoms with Crippen LogP contribution in [0.4, 0.5) is 10.1 Å². The van der Waals surface area contributed by atoms with Gasteiger partial charge in [-0.2, -0.15) is 4.39 Å². The van der Waals surface area contributed by atoms with E-state index in [9.17, 15) is 22.9 Å². The number of rotatable bonds is 8. The topological polar surface area (TPSA) is 89.3 Å². The molecule has 1 N–H and O–H groups in total.